The molecule has 0 aliphatic heterocycles. The molecule has 0 amide bonds. The van der Waals surface area contributed by atoms with Crippen molar-refractivity contribution in [3.63, 3.8) is 0 Å². The lowest BCUT2D eigenvalue weighted by Crippen LogP contribution is -2.12. The Kier molecular flexibility index (Phi) is 6.72. The minimum absolute atomic E-state index is 0.121. The number of ether oxygens (including phenoxy) is 1. The molecule has 0 aliphatic carbocycles. The van der Waals surface area contributed by atoms with E-state index in [9.17, 15) is 4.79 Å². The summed E-state index contributed by atoms with van der Waals surface area (Å²) in [7, 11) is 0. The minimum atomic E-state index is -0.301. The molecule has 0 aromatic heterocycles. The van der Waals surface area contributed by atoms with Gasteiger partial charge in [-0.2, -0.15) is 0 Å². The highest BCUT2D eigenvalue weighted by atomic mass is 16.5. The Bertz CT molecular complexity index is 221. The fourth-order valence-electron chi connectivity index (χ4n) is 1.24. The summed E-state index contributed by atoms with van der Waals surface area (Å²) >= 11 is 0. The van der Waals surface area contributed by atoms with Crippen molar-refractivity contribution in [1.29, 1.82) is 5.41 Å². The predicted molar refractivity (Wildman–Crippen MR) is 57.6 cm³/mol. The quantitative estimate of drug-likeness (QED) is 0.404. The Morgan fingerprint density at radius 1 is 1.57 bits per heavy atom. The van der Waals surface area contributed by atoms with Gasteiger partial charge >= 0.3 is 5.97 Å². The van der Waals surface area contributed by atoms with Crippen LogP contribution in [0.5, 0.6) is 0 Å². The first-order valence-electron chi connectivity index (χ1n) is 4.94. The van der Waals surface area contributed by atoms with E-state index in [0.29, 0.717) is 24.7 Å². The average Bonchev–Trinajstić information content (AvgIpc) is 2.03. The Hall–Kier alpha value is -1.12. The van der Waals surface area contributed by atoms with Crippen molar-refractivity contribution in [2.24, 2.45) is 5.92 Å². The molecule has 0 heterocycles. The number of carbonyl (C=O) groups is 1. The molecule has 0 fully saturated rings. The maximum Gasteiger partial charge on any atom is 0.311 e. The topological polar surface area (TPSA) is 50.2 Å². The molecule has 1 atom stereocenters. The molecule has 0 saturated carbocycles. The van der Waals surface area contributed by atoms with E-state index in [1.54, 1.807) is 6.92 Å². The second kappa shape index (κ2) is 7.30. The fraction of sp³-hybridized carbons (Fsp3) is 0.636. The molecule has 0 aliphatic rings. The molecule has 0 aromatic rings. The van der Waals surface area contributed by atoms with E-state index in [2.05, 4.69) is 0 Å². The Labute approximate surface area is 85.7 Å². The zero-order chi connectivity index (χ0) is 11.0. The first-order valence-corrected chi connectivity index (χ1v) is 4.94. The van der Waals surface area contributed by atoms with E-state index < -0.39 is 0 Å². The van der Waals surface area contributed by atoms with Gasteiger partial charge < -0.3 is 10.1 Å². The van der Waals surface area contributed by atoms with Gasteiger partial charge in [-0.15, -0.1) is 0 Å². The molecule has 80 valence electrons. The largest absolute Gasteiger partial charge is 0.466 e. The maximum absolute atomic E-state index is 11.0. The van der Waals surface area contributed by atoms with Crippen LogP contribution in [0.3, 0.4) is 0 Å². The number of carbonyl (C=O) groups excluding carboxylic acids is 1. The van der Waals surface area contributed by atoms with E-state index in [4.69, 9.17) is 10.1 Å². The Morgan fingerprint density at radius 3 is 2.71 bits per heavy atom. The monoisotopic (exact) mass is 197 g/mol. The van der Waals surface area contributed by atoms with Crippen molar-refractivity contribution in [2.75, 3.05) is 6.61 Å². The summed E-state index contributed by atoms with van der Waals surface area (Å²) in [5.41, 5.74) is 0.439. The second-order valence-corrected chi connectivity index (χ2v) is 3.29. The predicted octanol–water partition coefficient (Wildman–Crippen LogP) is 2.56. The number of allylic oxidation sites excluding steroid dienone is 2. The van der Waals surface area contributed by atoms with Crippen LogP contribution in [-0.2, 0) is 9.53 Å². The van der Waals surface area contributed by atoms with Crippen molar-refractivity contribution < 1.29 is 9.53 Å². The van der Waals surface area contributed by atoms with E-state index in [1.165, 1.54) is 0 Å². The van der Waals surface area contributed by atoms with Crippen molar-refractivity contribution in [3.05, 3.63) is 12.2 Å². The summed E-state index contributed by atoms with van der Waals surface area (Å²) < 4.78 is 4.76. The molecule has 1 N–H and O–H groups in total. The molecule has 0 unspecified atom stereocenters. The standard InChI is InChI=1S/C11H19NO2/c1-4-6-9(3)7-10(12)8-11(13)14-5-2/h4,6,9,12H,5,7-8H2,1-3H3/t9-/m1/s1. The van der Waals surface area contributed by atoms with Gasteiger partial charge in [0.2, 0.25) is 0 Å². The third-order valence-corrected chi connectivity index (χ3v) is 1.75. The van der Waals surface area contributed by atoms with Crippen LogP contribution < -0.4 is 0 Å². The molecule has 3 heteroatoms. The fourth-order valence-corrected chi connectivity index (χ4v) is 1.24. The first kappa shape index (κ1) is 12.9. The van der Waals surface area contributed by atoms with Gasteiger partial charge in [0.15, 0.2) is 0 Å². The first-order chi connectivity index (χ1) is 6.60. The second-order valence-electron chi connectivity index (χ2n) is 3.29. The summed E-state index contributed by atoms with van der Waals surface area (Å²) in [6.07, 6.45) is 4.74. The zero-order valence-electron chi connectivity index (χ0n) is 9.17. The lowest BCUT2D eigenvalue weighted by atomic mass is 10.0. The van der Waals surface area contributed by atoms with Crippen LogP contribution in [0.15, 0.2) is 12.2 Å². The average molecular weight is 197 g/mol. The summed E-state index contributed by atoms with van der Waals surface area (Å²) in [4.78, 5) is 11.0. The van der Waals surface area contributed by atoms with Crippen LogP contribution in [0.4, 0.5) is 0 Å². The lowest BCUT2D eigenvalue weighted by Gasteiger charge is -2.07. The van der Waals surface area contributed by atoms with Gasteiger partial charge in [-0.05, 0) is 26.2 Å². The lowest BCUT2D eigenvalue weighted by molar-refractivity contribution is -0.141. The van der Waals surface area contributed by atoms with Crippen molar-refractivity contribution in [1.82, 2.24) is 0 Å². The van der Waals surface area contributed by atoms with E-state index >= 15 is 0 Å². The maximum atomic E-state index is 11.0. The summed E-state index contributed by atoms with van der Waals surface area (Å²) in [6.45, 7) is 6.13. The van der Waals surface area contributed by atoms with Crippen molar-refractivity contribution >= 4 is 11.7 Å². The van der Waals surface area contributed by atoms with Crippen LogP contribution >= 0.6 is 0 Å². The molecule has 0 saturated heterocycles. The van der Waals surface area contributed by atoms with Gasteiger partial charge in [-0.25, -0.2) is 0 Å². The van der Waals surface area contributed by atoms with Gasteiger partial charge in [0, 0.05) is 5.71 Å². The minimum Gasteiger partial charge on any atom is -0.466 e. The highest BCUT2D eigenvalue weighted by molar-refractivity contribution is 5.97. The van der Waals surface area contributed by atoms with E-state index in [-0.39, 0.29) is 12.4 Å². The zero-order valence-corrected chi connectivity index (χ0v) is 9.17. The summed E-state index contributed by atoms with van der Waals surface area (Å²) in [6, 6.07) is 0. The van der Waals surface area contributed by atoms with Crippen LogP contribution in [-0.4, -0.2) is 18.3 Å². The molecular weight excluding hydrogens is 178 g/mol. The summed E-state index contributed by atoms with van der Waals surface area (Å²) in [5.74, 6) is 0.0205. The Morgan fingerprint density at radius 2 is 2.21 bits per heavy atom. The van der Waals surface area contributed by atoms with Gasteiger partial charge in [0.25, 0.3) is 0 Å². The van der Waals surface area contributed by atoms with Crippen molar-refractivity contribution in [2.45, 2.75) is 33.6 Å². The highest BCUT2D eigenvalue weighted by Gasteiger charge is 2.08. The molecule has 0 aromatic carbocycles. The Balaban J connectivity index is 3.80. The normalized spacial score (nSPS) is 12.8. The molecule has 3 nitrogen and oxygen atoms in total. The highest BCUT2D eigenvalue weighted by Crippen LogP contribution is 2.06. The third kappa shape index (κ3) is 6.40. The smallest absolute Gasteiger partial charge is 0.311 e. The number of nitrogens with one attached hydrogen (secondary N) is 1. The SMILES string of the molecule is CC=C[C@@H](C)CC(=N)CC(=O)OCC. The van der Waals surface area contributed by atoms with Gasteiger partial charge in [0.1, 0.15) is 0 Å². The van der Waals surface area contributed by atoms with Gasteiger partial charge in [-0.1, -0.05) is 19.1 Å². The number of hydrogen-bond acceptors (Lipinski definition) is 3. The van der Waals surface area contributed by atoms with Crippen LogP contribution in [0.25, 0.3) is 0 Å². The number of esters is 1. The molecule has 0 spiro atoms. The van der Waals surface area contributed by atoms with Crippen LogP contribution in [0.2, 0.25) is 0 Å². The van der Waals surface area contributed by atoms with E-state index in [0.717, 1.165) is 0 Å². The third-order valence-electron chi connectivity index (χ3n) is 1.75. The van der Waals surface area contributed by atoms with Gasteiger partial charge in [-0.3, -0.25) is 4.79 Å². The van der Waals surface area contributed by atoms with Crippen LogP contribution in [0.1, 0.15) is 33.6 Å². The number of rotatable bonds is 6. The van der Waals surface area contributed by atoms with Crippen LogP contribution in [0, 0.1) is 11.3 Å². The molecule has 0 rings (SSSR count). The molecule has 0 radical (unpaired) electrons. The van der Waals surface area contributed by atoms with Crippen molar-refractivity contribution in [3.8, 4) is 0 Å². The molecule has 14 heavy (non-hydrogen) atoms. The van der Waals surface area contributed by atoms with Gasteiger partial charge in [0.05, 0.1) is 13.0 Å². The number of hydrogen-bond donors (Lipinski definition) is 1. The summed E-state index contributed by atoms with van der Waals surface area (Å²) in [5, 5.41) is 7.57. The molecule has 0 bridgehead atoms. The molecular formula is C11H19NO2. The van der Waals surface area contributed by atoms with E-state index in [1.807, 2.05) is 26.0 Å².